The topological polar surface area (TPSA) is 20.2 Å². The molecule has 0 bridgehead atoms. The van der Waals surface area contributed by atoms with Crippen LogP contribution in [0.1, 0.15) is 111 Å². The van der Waals surface area contributed by atoms with Gasteiger partial charge >= 0.3 is 0 Å². The molecule has 1 atom stereocenters. The van der Waals surface area contributed by atoms with E-state index in [0.717, 1.165) is 12.8 Å². The van der Waals surface area contributed by atoms with E-state index < -0.39 is 0 Å². The fourth-order valence-corrected chi connectivity index (χ4v) is 6.02. The highest BCUT2D eigenvalue weighted by molar-refractivity contribution is 5.43. The number of fused-ring (bicyclic) bond motifs is 1. The van der Waals surface area contributed by atoms with Crippen LogP contribution >= 0.6 is 0 Å². The van der Waals surface area contributed by atoms with Crippen molar-refractivity contribution in [2.24, 2.45) is 17.8 Å². The number of rotatable bonds is 6. The molecule has 0 saturated heterocycles. The summed E-state index contributed by atoms with van der Waals surface area (Å²) in [4.78, 5) is 0. The van der Waals surface area contributed by atoms with Crippen molar-refractivity contribution in [3.8, 4) is 5.75 Å². The van der Waals surface area contributed by atoms with Gasteiger partial charge in [-0.2, -0.15) is 0 Å². The Morgan fingerprint density at radius 1 is 0.909 bits per heavy atom. The van der Waals surface area contributed by atoms with Crippen LogP contribution in [-0.2, 0) is 23.7 Å². The third-order valence-corrected chi connectivity index (χ3v) is 8.44. The van der Waals surface area contributed by atoms with E-state index in [1.54, 1.807) is 11.6 Å². The summed E-state index contributed by atoms with van der Waals surface area (Å²) in [5, 5.41) is 9.51. The minimum atomic E-state index is 0.258. The zero-order valence-corrected chi connectivity index (χ0v) is 23.5. The summed E-state index contributed by atoms with van der Waals surface area (Å²) in [6, 6.07) is 14.8. The van der Waals surface area contributed by atoms with Crippen molar-refractivity contribution in [3.63, 3.8) is 0 Å². The number of aromatic hydroxyl groups is 1. The Labute approximate surface area is 206 Å². The van der Waals surface area contributed by atoms with Crippen molar-refractivity contribution in [1.82, 2.24) is 0 Å². The minimum absolute atomic E-state index is 0.258. The van der Waals surface area contributed by atoms with Crippen molar-refractivity contribution in [2.75, 3.05) is 0 Å². The Bertz CT molecular complexity index is 837. The van der Waals surface area contributed by atoms with Gasteiger partial charge in [0.25, 0.3) is 0 Å². The third-order valence-electron chi connectivity index (χ3n) is 8.44. The van der Waals surface area contributed by atoms with Gasteiger partial charge < -0.3 is 5.11 Å². The van der Waals surface area contributed by atoms with Gasteiger partial charge in [0.2, 0.25) is 0 Å². The number of benzene rings is 2. The Morgan fingerprint density at radius 2 is 1.48 bits per heavy atom. The van der Waals surface area contributed by atoms with E-state index in [9.17, 15) is 5.11 Å². The first-order valence-electron chi connectivity index (χ1n) is 13.4. The van der Waals surface area contributed by atoms with Crippen LogP contribution in [0.25, 0.3) is 0 Å². The molecule has 0 amide bonds. The van der Waals surface area contributed by atoms with Gasteiger partial charge in [0.1, 0.15) is 5.75 Å². The first kappa shape index (κ1) is 29.3. The van der Waals surface area contributed by atoms with E-state index in [4.69, 9.17) is 0 Å². The summed E-state index contributed by atoms with van der Waals surface area (Å²) in [7, 11) is 0. The van der Waals surface area contributed by atoms with Gasteiger partial charge in [0.15, 0.2) is 0 Å². The zero-order chi connectivity index (χ0) is 25.4. The van der Waals surface area contributed by atoms with E-state index in [-0.39, 0.29) is 5.41 Å². The molecule has 0 radical (unpaired) electrons. The zero-order valence-electron chi connectivity index (χ0n) is 23.5. The van der Waals surface area contributed by atoms with Gasteiger partial charge in [-0.15, -0.1) is 0 Å². The molecule has 0 aliphatic heterocycles. The first-order chi connectivity index (χ1) is 15.5. The second-order valence-electron chi connectivity index (χ2n) is 10.6. The van der Waals surface area contributed by atoms with E-state index >= 15 is 0 Å². The fraction of sp³-hybridized carbons (Fsp3) is 0.625. The van der Waals surface area contributed by atoms with Crippen LogP contribution in [0.5, 0.6) is 5.75 Å². The van der Waals surface area contributed by atoms with E-state index in [2.05, 4.69) is 92.6 Å². The van der Waals surface area contributed by atoms with Crippen LogP contribution in [0.2, 0.25) is 0 Å². The molecule has 1 nitrogen and oxygen atoms in total. The van der Waals surface area contributed by atoms with Crippen LogP contribution < -0.4 is 0 Å². The molecule has 2 aromatic rings. The van der Waals surface area contributed by atoms with E-state index in [0.29, 0.717) is 28.9 Å². The lowest BCUT2D eigenvalue weighted by Gasteiger charge is -2.43. The van der Waals surface area contributed by atoms with Crippen molar-refractivity contribution >= 4 is 0 Å². The minimum Gasteiger partial charge on any atom is -0.508 e. The van der Waals surface area contributed by atoms with Crippen LogP contribution in [0.15, 0.2) is 42.5 Å². The molecule has 1 aliphatic rings. The number of aryl methyl sites for hydroxylation is 2. The largest absolute Gasteiger partial charge is 0.508 e. The Kier molecular flexibility index (Phi) is 11.2. The van der Waals surface area contributed by atoms with Crippen LogP contribution in [-0.4, -0.2) is 5.11 Å². The Hall–Kier alpha value is -1.76. The summed E-state index contributed by atoms with van der Waals surface area (Å²) in [5.74, 6) is 2.39. The van der Waals surface area contributed by atoms with Crippen LogP contribution in [0.4, 0.5) is 0 Å². The second-order valence-corrected chi connectivity index (χ2v) is 10.6. The van der Waals surface area contributed by atoms with Crippen molar-refractivity contribution in [3.05, 3.63) is 64.7 Å². The number of phenolic OH excluding ortho intramolecular Hbond substituents is 1. The maximum Gasteiger partial charge on any atom is 0.115 e. The van der Waals surface area contributed by atoms with Crippen molar-refractivity contribution in [1.29, 1.82) is 0 Å². The average Bonchev–Trinajstić information content (AvgIpc) is 3.13. The molecule has 0 fully saturated rings. The molecule has 0 spiro atoms. The summed E-state index contributed by atoms with van der Waals surface area (Å²) in [6.45, 7) is 24.9. The summed E-state index contributed by atoms with van der Waals surface area (Å²) in [5.41, 5.74) is 6.46. The summed E-state index contributed by atoms with van der Waals surface area (Å²) in [6.07, 6.45) is 4.73. The van der Waals surface area contributed by atoms with E-state index in [1.165, 1.54) is 29.5 Å². The smallest absolute Gasteiger partial charge is 0.115 e. The average molecular weight is 453 g/mol. The maximum atomic E-state index is 9.51. The third kappa shape index (κ3) is 6.03. The molecule has 2 aromatic carbocycles. The molecule has 0 heterocycles. The normalized spacial score (nSPS) is 17.4. The van der Waals surface area contributed by atoms with Crippen LogP contribution in [0.3, 0.4) is 0 Å². The maximum absolute atomic E-state index is 9.51. The molecule has 1 aliphatic carbocycles. The predicted molar refractivity (Wildman–Crippen MR) is 147 cm³/mol. The van der Waals surface area contributed by atoms with Gasteiger partial charge in [0, 0.05) is 0 Å². The summed E-state index contributed by atoms with van der Waals surface area (Å²) >= 11 is 0. The molecule has 3 rings (SSSR count). The van der Waals surface area contributed by atoms with Crippen LogP contribution in [0, 0.1) is 17.8 Å². The molecule has 1 N–H and O–H groups in total. The van der Waals surface area contributed by atoms with Crippen molar-refractivity contribution < 1.29 is 5.11 Å². The van der Waals surface area contributed by atoms with Gasteiger partial charge in [-0.25, -0.2) is 0 Å². The van der Waals surface area contributed by atoms with Gasteiger partial charge in [-0.1, -0.05) is 106 Å². The highest BCUT2D eigenvalue weighted by atomic mass is 16.3. The fourth-order valence-electron chi connectivity index (χ4n) is 6.02. The van der Waals surface area contributed by atoms with Crippen molar-refractivity contribution in [2.45, 2.75) is 113 Å². The second kappa shape index (κ2) is 12.6. The molecule has 0 aromatic heterocycles. The van der Waals surface area contributed by atoms with Gasteiger partial charge in [-0.3, -0.25) is 0 Å². The number of hydrogen-bond donors (Lipinski definition) is 1. The lowest BCUT2D eigenvalue weighted by molar-refractivity contribution is 0.208. The SMILES string of the molecule is CC.CC(C)C1(C)CCc2ccc(O)cc21.CCc1ccccc1C(CC)(C(C)C)C(C)C. The molecule has 0 saturated carbocycles. The highest BCUT2D eigenvalue weighted by Gasteiger charge is 2.38. The van der Waals surface area contributed by atoms with Gasteiger partial charge in [0.05, 0.1) is 0 Å². The number of phenols is 1. The number of hydrogen-bond acceptors (Lipinski definition) is 1. The molecule has 186 valence electrons. The predicted octanol–water partition coefficient (Wildman–Crippen LogP) is 9.49. The molecular formula is C32H52O. The quantitative estimate of drug-likeness (QED) is 0.462. The monoisotopic (exact) mass is 452 g/mol. The lowest BCUT2D eigenvalue weighted by Crippen LogP contribution is -2.38. The molecule has 1 unspecified atom stereocenters. The van der Waals surface area contributed by atoms with Gasteiger partial charge in [-0.05, 0) is 88.7 Å². The molecular weight excluding hydrogens is 400 g/mol. The standard InChI is InChI=1S/C17H28.C13H18O.C2H6/c1-7-15-11-9-10-12-16(15)17(8-2,13(3)4)14(5)6;1-9(2)13(3)7-6-10-4-5-11(14)8-12(10)13;1-2/h9-14H,7-8H2,1-6H3;4-5,8-9,14H,6-7H2,1-3H3;1-2H3. The Balaban J connectivity index is 0.000000311. The highest BCUT2D eigenvalue weighted by Crippen LogP contribution is 2.45. The molecule has 33 heavy (non-hydrogen) atoms. The van der Waals surface area contributed by atoms with E-state index in [1.807, 2.05) is 19.9 Å². The first-order valence-corrected chi connectivity index (χ1v) is 13.4. The lowest BCUT2D eigenvalue weighted by atomic mass is 9.62. The Morgan fingerprint density at radius 3 is 1.97 bits per heavy atom. The molecule has 1 heteroatoms. The summed E-state index contributed by atoms with van der Waals surface area (Å²) < 4.78 is 0.